The summed E-state index contributed by atoms with van der Waals surface area (Å²) in [5, 5.41) is 4.26. The molecule has 1 aliphatic heterocycles. The SMILES string of the molecule is Clc1cc(NCC2CCOCC2)ccc1I. The summed E-state index contributed by atoms with van der Waals surface area (Å²) in [4.78, 5) is 0. The van der Waals surface area contributed by atoms with Crippen LogP contribution >= 0.6 is 34.2 Å². The second-order valence-electron chi connectivity index (χ2n) is 4.07. The van der Waals surface area contributed by atoms with Gasteiger partial charge in [-0.3, -0.25) is 0 Å². The molecule has 0 aromatic heterocycles. The van der Waals surface area contributed by atoms with Crippen LogP contribution in [0.1, 0.15) is 12.8 Å². The number of benzene rings is 1. The summed E-state index contributed by atoms with van der Waals surface area (Å²) in [5.41, 5.74) is 1.11. The quantitative estimate of drug-likeness (QED) is 0.837. The summed E-state index contributed by atoms with van der Waals surface area (Å²) in [6, 6.07) is 6.10. The molecule has 0 bridgehead atoms. The zero-order valence-electron chi connectivity index (χ0n) is 9.01. The Bertz CT molecular complexity index is 353. The van der Waals surface area contributed by atoms with Crippen molar-refractivity contribution in [1.29, 1.82) is 0 Å². The fraction of sp³-hybridized carbons (Fsp3) is 0.500. The van der Waals surface area contributed by atoms with E-state index in [-0.39, 0.29) is 0 Å². The molecule has 0 aliphatic carbocycles. The van der Waals surface area contributed by atoms with Crippen LogP contribution in [0.25, 0.3) is 0 Å². The Kier molecular flexibility index (Phi) is 4.73. The molecule has 2 rings (SSSR count). The predicted molar refractivity (Wildman–Crippen MR) is 76.2 cm³/mol. The van der Waals surface area contributed by atoms with Crippen molar-refractivity contribution in [1.82, 2.24) is 0 Å². The van der Waals surface area contributed by atoms with Crippen LogP contribution in [0.3, 0.4) is 0 Å². The van der Waals surface area contributed by atoms with Crippen LogP contribution in [-0.4, -0.2) is 19.8 Å². The Morgan fingerprint density at radius 3 is 2.81 bits per heavy atom. The first-order chi connectivity index (χ1) is 7.75. The minimum atomic E-state index is 0.729. The van der Waals surface area contributed by atoms with Crippen molar-refractivity contribution in [2.75, 3.05) is 25.1 Å². The summed E-state index contributed by atoms with van der Waals surface area (Å²) in [6.45, 7) is 2.82. The maximum absolute atomic E-state index is 6.07. The standard InChI is InChI=1S/C12H15ClINO/c13-11-7-10(1-2-12(11)14)15-8-9-3-5-16-6-4-9/h1-2,7,9,15H,3-6,8H2. The van der Waals surface area contributed by atoms with E-state index in [0.29, 0.717) is 0 Å². The molecule has 1 heterocycles. The third kappa shape index (κ3) is 3.50. The Balaban J connectivity index is 1.86. The number of hydrogen-bond donors (Lipinski definition) is 1. The highest BCUT2D eigenvalue weighted by molar-refractivity contribution is 14.1. The van der Waals surface area contributed by atoms with E-state index in [9.17, 15) is 0 Å². The normalized spacial score (nSPS) is 17.4. The summed E-state index contributed by atoms with van der Waals surface area (Å²) in [5.74, 6) is 0.729. The van der Waals surface area contributed by atoms with Crippen LogP contribution < -0.4 is 5.32 Å². The lowest BCUT2D eigenvalue weighted by atomic mass is 10.0. The summed E-state index contributed by atoms with van der Waals surface area (Å²) in [7, 11) is 0. The Labute approximate surface area is 115 Å². The molecule has 1 aromatic rings. The molecule has 0 radical (unpaired) electrons. The van der Waals surface area contributed by atoms with Crippen LogP contribution in [0.2, 0.25) is 5.02 Å². The first kappa shape index (κ1) is 12.5. The van der Waals surface area contributed by atoms with Crippen LogP contribution in [-0.2, 0) is 4.74 Å². The molecular formula is C12H15ClINO. The molecule has 0 saturated carbocycles. The van der Waals surface area contributed by atoms with Gasteiger partial charge < -0.3 is 10.1 Å². The minimum Gasteiger partial charge on any atom is -0.385 e. The zero-order chi connectivity index (χ0) is 11.4. The average Bonchev–Trinajstić information content (AvgIpc) is 2.32. The lowest BCUT2D eigenvalue weighted by Gasteiger charge is -2.22. The maximum Gasteiger partial charge on any atom is 0.0559 e. The van der Waals surface area contributed by atoms with E-state index in [0.717, 1.165) is 52.8 Å². The zero-order valence-corrected chi connectivity index (χ0v) is 11.9. The third-order valence-electron chi connectivity index (χ3n) is 2.86. The Hall–Kier alpha value is -0.000000000000000111. The van der Waals surface area contributed by atoms with Gasteiger partial charge in [0, 0.05) is 29.0 Å². The third-order valence-corrected chi connectivity index (χ3v) is 4.43. The van der Waals surface area contributed by atoms with Crippen molar-refractivity contribution in [2.24, 2.45) is 5.92 Å². The monoisotopic (exact) mass is 351 g/mol. The van der Waals surface area contributed by atoms with E-state index >= 15 is 0 Å². The van der Waals surface area contributed by atoms with Gasteiger partial charge in [-0.1, -0.05) is 11.6 Å². The van der Waals surface area contributed by atoms with Crippen LogP contribution in [0.4, 0.5) is 5.69 Å². The molecule has 16 heavy (non-hydrogen) atoms. The van der Waals surface area contributed by atoms with Gasteiger partial charge in [0.1, 0.15) is 0 Å². The Morgan fingerprint density at radius 1 is 1.38 bits per heavy atom. The highest BCUT2D eigenvalue weighted by Gasteiger charge is 2.13. The molecule has 1 fully saturated rings. The fourth-order valence-corrected chi connectivity index (χ4v) is 2.33. The van der Waals surface area contributed by atoms with Gasteiger partial charge in [-0.2, -0.15) is 0 Å². The van der Waals surface area contributed by atoms with Gasteiger partial charge in [-0.05, 0) is 59.5 Å². The van der Waals surface area contributed by atoms with Crippen LogP contribution in [0.5, 0.6) is 0 Å². The molecule has 0 atom stereocenters. The van der Waals surface area contributed by atoms with Crippen molar-refractivity contribution >= 4 is 39.9 Å². The fourth-order valence-electron chi connectivity index (χ4n) is 1.82. The van der Waals surface area contributed by atoms with Gasteiger partial charge in [0.25, 0.3) is 0 Å². The van der Waals surface area contributed by atoms with Gasteiger partial charge >= 0.3 is 0 Å². The number of rotatable bonds is 3. The van der Waals surface area contributed by atoms with Gasteiger partial charge in [0.05, 0.1) is 5.02 Å². The topological polar surface area (TPSA) is 21.3 Å². The van der Waals surface area contributed by atoms with E-state index in [2.05, 4.69) is 34.0 Å². The molecule has 0 amide bonds. The number of halogens is 2. The molecule has 1 aliphatic rings. The Morgan fingerprint density at radius 2 is 2.12 bits per heavy atom. The van der Waals surface area contributed by atoms with E-state index in [4.69, 9.17) is 16.3 Å². The minimum absolute atomic E-state index is 0.729. The number of anilines is 1. The lowest BCUT2D eigenvalue weighted by Crippen LogP contribution is -2.22. The molecule has 0 unspecified atom stereocenters. The van der Waals surface area contributed by atoms with Crippen LogP contribution in [0, 0.1) is 9.49 Å². The highest BCUT2D eigenvalue weighted by atomic mass is 127. The highest BCUT2D eigenvalue weighted by Crippen LogP contribution is 2.23. The van der Waals surface area contributed by atoms with Crippen molar-refractivity contribution in [2.45, 2.75) is 12.8 Å². The second-order valence-corrected chi connectivity index (χ2v) is 5.63. The maximum atomic E-state index is 6.07. The molecule has 4 heteroatoms. The molecule has 88 valence electrons. The van der Waals surface area contributed by atoms with Crippen molar-refractivity contribution < 1.29 is 4.74 Å². The number of nitrogens with one attached hydrogen (secondary N) is 1. The molecular weight excluding hydrogens is 336 g/mol. The van der Waals surface area contributed by atoms with Crippen molar-refractivity contribution in [3.8, 4) is 0 Å². The number of hydrogen-bond acceptors (Lipinski definition) is 2. The van der Waals surface area contributed by atoms with Crippen LogP contribution in [0.15, 0.2) is 18.2 Å². The summed E-state index contributed by atoms with van der Waals surface area (Å²) < 4.78 is 6.43. The van der Waals surface area contributed by atoms with Gasteiger partial charge in [-0.15, -0.1) is 0 Å². The molecule has 1 saturated heterocycles. The molecule has 0 spiro atoms. The van der Waals surface area contributed by atoms with Crippen molar-refractivity contribution in [3.05, 3.63) is 26.8 Å². The average molecular weight is 352 g/mol. The molecule has 1 aromatic carbocycles. The largest absolute Gasteiger partial charge is 0.385 e. The lowest BCUT2D eigenvalue weighted by molar-refractivity contribution is 0.0699. The predicted octanol–water partition coefficient (Wildman–Crippen LogP) is 3.78. The number of ether oxygens (including phenoxy) is 1. The van der Waals surface area contributed by atoms with Gasteiger partial charge in [0.2, 0.25) is 0 Å². The first-order valence-corrected chi connectivity index (χ1v) is 6.98. The second kappa shape index (κ2) is 6.07. The molecule has 1 N–H and O–H groups in total. The van der Waals surface area contributed by atoms with E-state index in [1.807, 2.05) is 12.1 Å². The van der Waals surface area contributed by atoms with Crippen molar-refractivity contribution in [3.63, 3.8) is 0 Å². The summed E-state index contributed by atoms with van der Waals surface area (Å²) >= 11 is 8.30. The summed E-state index contributed by atoms with van der Waals surface area (Å²) in [6.07, 6.45) is 2.32. The van der Waals surface area contributed by atoms with Gasteiger partial charge in [-0.25, -0.2) is 0 Å². The smallest absolute Gasteiger partial charge is 0.0559 e. The molecule has 2 nitrogen and oxygen atoms in total. The van der Waals surface area contributed by atoms with Gasteiger partial charge in [0.15, 0.2) is 0 Å². The van der Waals surface area contributed by atoms with E-state index in [1.54, 1.807) is 0 Å². The van der Waals surface area contributed by atoms with E-state index < -0.39 is 0 Å². The first-order valence-electron chi connectivity index (χ1n) is 5.52. The van der Waals surface area contributed by atoms with E-state index in [1.165, 1.54) is 0 Å².